The number of rotatable bonds is 3. The summed E-state index contributed by atoms with van der Waals surface area (Å²) in [5.41, 5.74) is 5.31. The standard InChI is InChI=1S/C11H10F2N4O2/c1-5(7-3-2-6(12)4-8(7)13)15-11(18)9-10(14)17-19-16-9/h2-5H,1H3,(H2,14,17)(H,15,18). The van der Waals surface area contributed by atoms with Crippen LogP contribution >= 0.6 is 0 Å². The molecule has 19 heavy (non-hydrogen) atoms. The van der Waals surface area contributed by atoms with E-state index in [-0.39, 0.29) is 17.1 Å². The molecule has 1 amide bonds. The van der Waals surface area contributed by atoms with Crippen molar-refractivity contribution in [3.63, 3.8) is 0 Å². The second kappa shape index (κ2) is 5.01. The van der Waals surface area contributed by atoms with E-state index >= 15 is 0 Å². The lowest BCUT2D eigenvalue weighted by atomic mass is 10.1. The third-order valence-electron chi connectivity index (χ3n) is 2.51. The fourth-order valence-electron chi connectivity index (χ4n) is 1.55. The van der Waals surface area contributed by atoms with Crippen LogP contribution in [0.1, 0.15) is 29.0 Å². The van der Waals surface area contributed by atoms with Gasteiger partial charge in [0, 0.05) is 11.6 Å². The Balaban J connectivity index is 2.15. The number of hydrogen-bond donors (Lipinski definition) is 2. The summed E-state index contributed by atoms with van der Waals surface area (Å²) in [6, 6.07) is 2.40. The van der Waals surface area contributed by atoms with E-state index < -0.39 is 23.6 Å². The van der Waals surface area contributed by atoms with Crippen molar-refractivity contribution in [3.05, 3.63) is 41.1 Å². The topological polar surface area (TPSA) is 94.0 Å². The van der Waals surface area contributed by atoms with Crippen molar-refractivity contribution in [2.75, 3.05) is 5.73 Å². The molecule has 1 atom stereocenters. The van der Waals surface area contributed by atoms with Gasteiger partial charge in [0.05, 0.1) is 6.04 Å². The fourth-order valence-corrected chi connectivity index (χ4v) is 1.55. The Kier molecular flexibility index (Phi) is 3.41. The Bertz CT molecular complexity index is 614. The Labute approximate surface area is 106 Å². The van der Waals surface area contributed by atoms with Crippen LogP contribution in [-0.2, 0) is 0 Å². The van der Waals surface area contributed by atoms with E-state index in [1.165, 1.54) is 13.0 Å². The van der Waals surface area contributed by atoms with Crippen LogP contribution in [0, 0.1) is 11.6 Å². The lowest BCUT2D eigenvalue weighted by molar-refractivity contribution is 0.0930. The Hall–Kier alpha value is -2.51. The van der Waals surface area contributed by atoms with Gasteiger partial charge in [0.2, 0.25) is 11.5 Å². The van der Waals surface area contributed by atoms with Gasteiger partial charge >= 0.3 is 0 Å². The van der Waals surface area contributed by atoms with Crippen molar-refractivity contribution in [1.29, 1.82) is 0 Å². The molecule has 0 aliphatic rings. The molecular formula is C11H10F2N4O2. The van der Waals surface area contributed by atoms with Crippen LogP contribution in [0.4, 0.5) is 14.6 Å². The van der Waals surface area contributed by atoms with E-state index in [1.807, 2.05) is 0 Å². The minimum Gasteiger partial charge on any atom is -0.379 e. The average molecular weight is 268 g/mol. The number of aromatic nitrogens is 2. The van der Waals surface area contributed by atoms with Crippen molar-refractivity contribution < 1.29 is 18.2 Å². The zero-order valence-corrected chi connectivity index (χ0v) is 9.85. The molecule has 2 aromatic rings. The Morgan fingerprint density at radius 3 is 2.74 bits per heavy atom. The summed E-state index contributed by atoms with van der Waals surface area (Å²) in [5.74, 6) is -2.26. The summed E-state index contributed by atoms with van der Waals surface area (Å²) < 4.78 is 30.6. The molecule has 8 heteroatoms. The zero-order valence-electron chi connectivity index (χ0n) is 9.85. The zero-order chi connectivity index (χ0) is 14.0. The smallest absolute Gasteiger partial charge is 0.277 e. The summed E-state index contributed by atoms with van der Waals surface area (Å²) in [6.07, 6.45) is 0. The molecule has 1 aromatic carbocycles. The van der Waals surface area contributed by atoms with Crippen LogP contribution in [0.15, 0.2) is 22.8 Å². The lowest BCUT2D eigenvalue weighted by Crippen LogP contribution is -2.28. The van der Waals surface area contributed by atoms with Crippen LogP contribution in [0.25, 0.3) is 0 Å². The third-order valence-corrected chi connectivity index (χ3v) is 2.51. The van der Waals surface area contributed by atoms with Crippen molar-refractivity contribution in [3.8, 4) is 0 Å². The maximum Gasteiger partial charge on any atom is 0.277 e. The highest BCUT2D eigenvalue weighted by Gasteiger charge is 2.20. The van der Waals surface area contributed by atoms with E-state index in [9.17, 15) is 13.6 Å². The number of amides is 1. The minimum atomic E-state index is -0.751. The van der Waals surface area contributed by atoms with Crippen LogP contribution < -0.4 is 11.1 Å². The molecule has 2 rings (SSSR count). The van der Waals surface area contributed by atoms with Gasteiger partial charge in [-0.25, -0.2) is 13.4 Å². The van der Waals surface area contributed by atoms with Gasteiger partial charge in [0.15, 0.2) is 0 Å². The molecule has 1 aromatic heterocycles. The predicted octanol–water partition coefficient (Wildman–Crippen LogP) is 1.42. The maximum absolute atomic E-state index is 13.5. The molecule has 3 N–H and O–H groups in total. The number of anilines is 1. The highest BCUT2D eigenvalue weighted by Crippen LogP contribution is 2.18. The van der Waals surface area contributed by atoms with Crippen molar-refractivity contribution in [2.24, 2.45) is 0 Å². The Morgan fingerprint density at radius 1 is 1.42 bits per heavy atom. The number of nitrogen functional groups attached to an aromatic ring is 1. The van der Waals surface area contributed by atoms with Gasteiger partial charge in [-0.05, 0) is 23.3 Å². The minimum absolute atomic E-state index is 0.143. The normalized spacial score (nSPS) is 12.2. The lowest BCUT2D eigenvalue weighted by Gasteiger charge is -2.14. The van der Waals surface area contributed by atoms with Gasteiger partial charge in [-0.2, -0.15) is 0 Å². The first-order valence-electron chi connectivity index (χ1n) is 5.33. The first-order valence-corrected chi connectivity index (χ1v) is 5.33. The second-order valence-electron chi connectivity index (χ2n) is 3.86. The number of halogens is 2. The molecular weight excluding hydrogens is 258 g/mol. The first kappa shape index (κ1) is 12.9. The quantitative estimate of drug-likeness (QED) is 0.878. The number of benzene rings is 1. The van der Waals surface area contributed by atoms with Crippen LogP contribution in [-0.4, -0.2) is 16.2 Å². The highest BCUT2D eigenvalue weighted by molar-refractivity contribution is 5.96. The number of carbonyl (C=O) groups excluding carboxylic acids is 1. The van der Waals surface area contributed by atoms with Crippen molar-refractivity contribution in [2.45, 2.75) is 13.0 Å². The monoisotopic (exact) mass is 268 g/mol. The molecule has 0 saturated carbocycles. The van der Waals surface area contributed by atoms with Crippen molar-refractivity contribution >= 4 is 11.7 Å². The molecule has 1 heterocycles. The molecule has 6 nitrogen and oxygen atoms in total. The van der Waals surface area contributed by atoms with E-state index in [1.54, 1.807) is 0 Å². The van der Waals surface area contributed by atoms with Gasteiger partial charge in [-0.15, -0.1) is 0 Å². The molecule has 1 unspecified atom stereocenters. The van der Waals surface area contributed by atoms with Gasteiger partial charge in [-0.3, -0.25) is 4.79 Å². The first-order chi connectivity index (χ1) is 8.99. The summed E-state index contributed by atoms with van der Waals surface area (Å²) in [6.45, 7) is 1.54. The SMILES string of the molecule is CC(NC(=O)c1nonc1N)c1ccc(F)cc1F. The van der Waals surface area contributed by atoms with Crippen LogP contribution in [0.5, 0.6) is 0 Å². The molecule has 0 aliphatic carbocycles. The summed E-state index contributed by atoms with van der Waals surface area (Å²) in [7, 11) is 0. The summed E-state index contributed by atoms with van der Waals surface area (Å²) in [4.78, 5) is 11.7. The molecule has 0 saturated heterocycles. The van der Waals surface area contributed by atoms with Crippen LogP contribution in [0.2, 0.25) is 0 Å². The predicted molar refractivity (Wildman–Crippen MR) is 60.9 cm³/mol. The number of carbonyl (C=O) groups is 1. The largest absolute Gasteiger partial charge is 0.379 e. The number of nitrogens with zero attached hydrogens (tertiary/aromatic N) is 2. The van der Waals surface area contributed by atoms with E-state index in [0.717, 1.165) is 12.1 Å². The number of nitrogens with one attached hydrogen (secondary N) is 1. The van der Waals surface area contributed by atoms with Gasteiger partial charge < -0.3 is 11.1 Å². The second-order valence-corrected chi connectivity index (χ2v) is 3.86. The van der Waals surface area contributed by atoms with Crippen molar-refractivity contribution in [1.82, 2.24) is 15.6 Å². The summed E-state index contributed by atoms with van der Waals surface area (Å²) in [5, 5.41) is 9.03. The molecule has 0 aliphatic heterocycles. The van der Waals surface area contributed by atoms with Gasteiger partial charge in [-0.1, -0.05) is 6.07 Å². The fraction of sp³-hybridized carbons (Fsp3) is 0.182. The molecule has 100 valence electrons. The van der Waals surface area contributed by atoms with Gasteiger partial charge in [0.1, 0.15) is 11.6 Å². The number of hydrogen-bond acceptors (Lipinski definition) is 5. The third kappa shape index (κ3) is 2.67. The van der Waals surface area contributed by atoms with E-state index in [2.05, 4.69) is 20.3 Å². The molecule has 0 bridgehead atoms. The molecule has 0 radical (unpaired) electrons. The molecule has 0 fully saturated rings. The van der Waals surface area contributed by atoms with E-state index in [4.69, 9.17) is 5.73 Å². The van der Waals surface area contributed by atoms with E-state index in [0.29, 0.717) is 0 Å². The highest BCUT2D eigenvalue weighted by atomic mass is 19.1. The van der Waals surface area contributed by atoms with Gasteiger partial charge in [0.25, 0.3) is 5.91 Å². The molecule has 0 spiro atoms. The number of nitrogens with two attached hydrogens (primary N) is 1. The average Bonchev–Trinajstić information content (AvgIpc) is 2.75. The maximum atomic E-state index is 13.5. The summed E-state index contributed by atoms with van der Waals surface area (Å²) >= 11 is 0. The van der Waals surface area contributed by atoms with Crippen LogP contribution in [0.3, 0.4) is 0 Å². The Morgan fingerprint density at radius 2 is 2.16 bits per heavy atom.